The summed E-state index contributed by atoms with van der Waals surface area (Å²) < 4.78 is 0. The third kappa shape index (κ3) is 3.25. The lowest BCUT2D eigenvalue weighted by Crippen LogP contribution is -2.20. The van der Waals surface area contributed by atoms with Gasteiger partial charge < -0.3 is 15.6 Å². The van der Waals surface area contributed by atoms with Crippen molar-refractivity contribution in [1.29, 1.82) is 0 Å². The van der Waals surface area contributed by atoms with Crippen molar-refractivity contribution in [3.8, 4) is 0 Å². The van der Waals surface area contributed by atoms with Crippen molar-refractivity contribution in [2.24, 2.45) is 5.92 Å². The number of hydrogen-bond acceptors (Lipinski definition) is 2. The average Bonchev–Trinajstić information content (AvgIpc) is 3.57. The summed E-state index contributed by atoms with van der Waals surface area (Å²) in [7, 11) is 0. The van der Waals surface area contributed by atoms with Gasteiger partial charge in [-0.15, -0.1) is 0 Å². The Hall–Kier alpha value is -2.59. The Bertz CT molecular complexity index is 939. The number of aromatic nitrogens is 1. The lowest BCUT2D eigenvalue weighted by Gasteiger charge is -2.07. The van der Waals surface area contributed by atoms with E-state index in [0.717, 1.165) is 22.5 Å². The van der Waals surface area contributed by atoms with E-state index in [0.29, 0.717) is 17.5 Å². The number of amides is 1. The molecule has 0 aliphatic heterocycles. The predicted molar refractivity (Wildman–Crippen MR) is 105 cm³/mol. The van der Waals surface area contributed by atoms with Crippen LogP contribution in [0.25, 0.3) is 10.9 Å². The van der Waals surface area contributed by atoms with Crippen LogP contribution in [0.3, 0.4) is 0 Å². The molecule has 1 aromatic heterocycles. The van der Waals surface area contributed by atoms with Gasteiger partial charge >= 0.3 is 0 Å². The fourth-order valence-corrected chi connectivity index (χ4v) is 3.64. The van der Waals surface area contributed by atoms with Crippen molar-refractivity contribution in [3.63, 3.8) is 0 Å². The minimum absolute atomic E-state index is 0.0729. The third-order valence-electron chi connectivity index (χ3n) is 5.57. The van der Waals surface area contributed by atoms with Crippen LogP contribution in [0, 0.1) is 5.92 Å². The van der Waals surface area contributed by atoms with Gasteiger partial charge in [0, 0.05) is 40.3 Å². The van der Waals surface area contributed by atoms with Crippen LogP contribution >= 0.6 is 0 Å². The van der Waals surface area contributed by atoms with Gasteiger partial charge in [-0.05, 0) is 73.7 Å². The van der Waals surface area contributed by atoms with Gasteiger partial charge in [-0.3, -0.25) is 4.79 Å². The van der Waals surface area contributed by atoms with Crippen molar-refractivity contribution in [2.75, 3.05) is 11.9 Å². The van der Waals surface area contributed by atoms with Gasteiger partial charge in [0.15, 0.2) is 0 Å². The van der Waals surface area contributed by atoms with Crippen LogP contribution in [0.4, 0.5) is 5.69 Å². The zero-order valence-electron chi connectivity index (χ0n) is 14.7. The van der Waals surface area contributed by atoms with E-state index >= 15 is 0 Å². The number of carbonyl (C=O) groups is 1. The molecule has 3 aromatic rings. The molecule has 2 aromatic carbocycles. The van der Waals surface area contributed by atoms with Gasteiger partial charge in [-0.1, -0.05) is 12.1 Å². The van der Waals surface area contributed by atoms with Crippen LogP contribution < -0.4 is 10.6 Å². The SMILES string of the molecule is O=C(Nc1ccc([C@@H]2C[C@H]2NCC2CC2)cc1)c1ccc2[nH]ccc2c1. The minimum atomic E-state index is -0.0729. The Morgan fingerprint density at radius 2 is 1.92 bits per heavy atom. The van der Waals surface area contributed by atoms with E-state index in [2.05, 4.69) is 27.8 Å². The quantitative estimate of drug-likeness (QED) is 0.625. The Morgan fingerprint density at radius 1 is 1.08 bits per heavy atom. The molecular weight excluding hydrogens is 322 g/mol. The molecule has 2 fully saturated rings. The van der Waals surface area contributed by atoms with Crippen molar-refractivity contribution in [2.45, 2.75) is 31.2 Å². The lowest BCUT2D eigenvalue weighted by atomic mass is 10.1. The van der Waals surface area contributed by atoms with Gasteiger partial charge in [0.2, 0.25) is 0 Å². The zero-order chi connectivity index (χ0) is 17.5. The predicted octanol–water partition coefficient (Wildman–Crippen LogP) is 4.28. The molecule has 2 aliphatic carbocycles. The van der Waals surface area contributed by atoms with Gasteiger partial charge in [0.25, 0.3) is 5.91 Å². The molecule has 2 aliphatic rings. The summed E-state index contributed by atoms with van der Waals surface area (Å²) in [5.74, 6) is 1.49. The Morgan fingerprint density at radius 3 is 2.73 bits per heavy atom. The van der Waals surface area contributed by atoms with Crippen LogP contribution in [-0.4, -0.2) is 23.5 Å². The first-order chi connectivity index (χ1) is 12.8. The van der Waals surface area contributed by atoms with Gasteiger partial charge in [0.1, 0.15) is 0 Å². The molecule has 0 bridgehead atoms. The smallest absolute Gasteiger partial charge is 0.255 e. The first-order valence-electron chi connectivity index (χ1n) is 9.48. The second-order valence-electron chi connectivity index (χ2n) is 7.66. The summed E-state index contributed by atoms with van der Waals surface area (Å²) in [5.41, 5.74) is 3.92. The maximum absolute atomic E-state index is 12.5. The van der Waals surface area contributed by atoms with E-state index in [1.54, 1.807) is 0 Å². The molecule has 0 saturated heterocycles. The maximum Gasteiger partial charge on any atom is 0.255 e. The number of nitrogens with one attached hydrogen (secondary N) is 3. The molecule has 3 N–H and O–H groups in total. The summed E-state index contributed by atoms with van der Waals surface area (Å²) in [5, 5.41) is 7.72. The summed E-state index contributed by atoms with van der Waals surface area (Å²) in [6.45, 7) is 1.18. The molecule has 5 rings (SSSR count). The summed E-state index contributed by atoms with van der Waals surface area (Å²) in [6, 6.07) is 16.6. The first-order valence-corrected chi connectivity index (χ1v) is 9.48. The molecule has 132 valence electrons. The average molecular weight is 345 g/mol. The van der Waals surface area contributed by atoms with Crippen LogP contribution in [0.5, 0.6) is 0 Å². The summed E-state index contributed by atoms with van der Waals surface area (Å²) in [6.07, 6.45) is 5.91. The van der Waals surface area contributed by atoms with Crippen LogP contribution in [0.2, 0.25) is 0 Å². The van der Waals surface area contributed by atoms with Crippen LogP contribution in [0.1, 0.15) is 41.1 Å². The van der Waals surface area contributed by atoms with Gasteiger partial charge in [-0.2, -0.15) is 0 Å². The second-order valence-corrected chi connectivity index (χ2v) is 7.66. The molecule has 1 heterocycles. The second kappa shape index (κ2) is 6.29. The molecule has 2 atom stereocenters. The lowest BCUT2D eigenvalue weighted by molar-refractivity contribution is 0.102. The number of anilines is 1. The molecule has 0 radical (unpaired) electrons. The molecule has 0 spiro atoms. The zero-order valence-corrected chi connectivity index (χ0v) is 14.7. The number of rotatable bonds is 6. The number of aromatic amines is 1. The van der Waals surface area contributed by atoms with Crippen molar-refractivity contribution < 1.29 is 4.79 Å². The monoisotopic (exact) mass is 345 g/mol. The maximum atomic E-state index is 12.5. The van der Waals surface area contributed by atoms with E-state index in [9.17, 15) is 4.79 Å². The van der Waals surface area contributed by atoms with E-state index in [4.69, 9.17) is 0 Å². The molecule has 1 amide bonds. The van der Waals surface area contributed by atoms with E-state index in [-0.39, 0.29) is 5.91 Å². The minimum Gasteiger partial charge on any atom is -0.361 e. The highest BCUT2D eigenvalue weighted by Crippen LogP contribution is 2.41. The van der Waals surface area contributed by atoms with Crippen molar-refractivity contribution in [1.82, 2.24) is 10.3 Å². The highest BCUT2D eigenvalue weighted by atomic mass is 16.1. The Labute approximate surface area is 153 Å². The van der Waals surface area contributed by atoms with E-state index < -0.39 is 0 Å². The molecule has 26 heavy (non-hydrogen) atoms. The molecule has 4 nitrogen and oxygen atoms in total. The highest BCUT2D eigenvalue weighted by molar-refractivity contribution is 6.06. The highest BCUT2D eigenvalue weighted by Gasteiger charge is 2.38. The van der Waals surface area contributed by atoms with Gasteiger partial charge in [-0.25, -0.2) is 0 Å². The van der Waals surface area contributed by atoms with Crippen LogP contribution in [-0.2, 0) is 0 Å². The summed E-state index contributed by atoms with van der Waals surface area (Å²) >= 11 is 0. The van der Waals surface area contributed by atoms with E-state index in [1.165, 1.54) is 31.4 Å². The molecule has 2 saturated carbocycles. The largest absolute Gasteiger partial charge is 0.361 e. The van der Waals surface area contributed by atoms with Gasteiger partial charge in [0.05, 0.1) is 0 Å². The van der Waals surface area contributed by atoms with Crippen molar-refractivity contribution in [3.05, 3.63) is 65.9 Å². The normalized spacial score (nSPS) is 21.7. The number of hydrogen-bond donors (Lipinski definition) is 3. The standard InChI is InChI=1S/C22H23N3O/c26-22(17-5-8-20-16(11-17)9-10-23-20)25-18-6-3-15(4-7-18)19-12-21(19)24-13-14-1-2-14/h3-11,14,19,21,23-24H,1-2,12-13H2,(H,25,26)/t19-,21+/m0/s1. The van der Waals surface area contributed by atoms with Crippen molar-refractivity contribution >= 4 is 22.5 Å². The Kier molecular flexibility index (Phi) is 3.79. The topological polar surface area (TPSA) is 56.9 Å². The number of H-pyrrole nitrogens is 1. The molecular formula is C22H23N3O. The Balaban J connectivity index is 1.21. The fraction of sp³-hybridized carbons (Fsp3) is 0.318. The van der Waals surface area contributed by atoms with E-state index in [1.807, 2.05) is 42.6 Å². The number of carbonyl (C=O) groups excluding carboxylic acids is 1. The number of fused-ring (bicyclic) bond motifs is 1. The third-order valence-corrected chi connectivity index (χ3v) is 5.57. The first kappa shape index (κ1) is 15.6. The fourth-order valence-electron chi connectivity index (χ4n) is 3.64. The number of benzene rings is 2. The molecule has 0 unspecified atom stereocenters. The summed E-state index contributed by atoms with van der Waals surface area (Å²) in [4.78, 5) is 15.6. The molecule has 4 heteroatoms. The van der Waals surface area contributed by atoms with Crippen LogP contribution in [0.15, 0.2) is 54.7 Å².